The SMILES string of the molecule is O=C(C1CC1)N1CCC(n2cnc3cnc4ccc(Cl)nc4c32)CC1. The molecule has 7 heteroatoms. The number of pyridine rings is 2. The smallest absolute Gasteiger partial charge is 0.225 e. The number of fused-ring (bicyclic) bond motifs is 3. The van der Waals surface area contributed by atoms with Crippen LogP contribution in [0.3, 0.4) is 0 Å². The minimum Gasteiger partial charge on any atom is -0.342 e. The number of likely N-dealkylation sites (tertiary alicyclic amines) is 1. The first kappa shape index (κ1) is 15.1. The van der Waals surface area contributed by atoms with Crippen molar-refractivity contribution in [3.63, 3.8) is 0 Å². The number of imidazole rings is 1. The van der Waals surface area contributed by atoms with Crippen LogP contribution in [0.4, 0.5) is 0 Å². The third-order valence-corrected chi connectivity index (χ3v) is 5.52. The predicted molar refractivity (Wildman–Crippen MR) is 95.4 cm³/mol. The Hall–Kier alpha value is -2.21. The highest BCUT2D eigenvalue weighted by atomic mass is 35.5. The van der Waals surface area contributed by atoms with E-state index in [2.05, 4.69) is 19.5 Å². The minimum atomic E-state index is 0.298. The number of carbonyl (C=O) groups excluding carboxylic acids is 1. The van der Waals surface area contributed by atoms with Gasteiger partial charge in [0, 0.05) is 25.0 Å². The van der Waals surface area contributed by atoms with Crippen molar-refractivity contribution >= 4 is 39.6 Å². The fourth-order valence-electron chi connectivity index (χ4n) is 3.78. The number of nitrogens with zero attached hydrogens (tertiary/aromatic N) is 5. The molecule has 1 aliphatic carbocycles. The third kappa shape index (κ3) is 2.56. The number of rotatable bonds is 2. The average molecular weight is 356 g/mol. The van der Waals surface area contributed by atoms with Gasteiger partial charge in [-0.2, -0.15) is 0 Å². The Morgan fingerprint density at radius 3 is 2.64 bits per heavy atom. The van der Waals surface area contributed by atoms with Gasteiger partial charge in [-0.05, 0) is 37.8 Å². The van der Waals surface area contributed by atoms with Crippen LogP contribution in [-0.2, 0) is 4.79 Å². The molecule has 0 unspecified atom stereocenters. The lowest BCUT2D eigenvalue weighted by Gasteiger charge is -2.33. The summed E-state index contributed by atoms with van der Waals surface area (Å²) in [5.74, 6) is 0.643. The second-order valence-electron chi connectivity index (χ2n) is 6.98. The van der Waals surface area contributed by atoms with Crippen LogP contribution in [0.1, 0.15) is 31.7 Å². The zero-order valence-electron chi connectivity index (χ0n) is 13.7. The lowest BCUT2D eigenvalue weighted by Crippen LogP contribution is -2.39. The Morgan fingerprint density at radius 2 is 1.88 bits per heavy atom. The van der Waals surface area contributed by atoms with Gasteiger partial charge in [0.05, 0.1) is 23.6 Å². The Labute approximate surface area is 149 Å². The second-order valence-corrected chi connectivity index (χ2v) is 7.36. The molecule has 25 heavy (non-hydrogen) atoms. The third-order valence-electron chi connectivity index (χ3n) is 5.31. The summed E-state index contributed by atoms with van der Waals surface area (Å²) in [5, 5.41) is 0.458. The van der Waals surface area contributed by atoms with Gasteiger partial charge in [0.15, 0.2) is 0 Å². The Morgan fingerprint density at radius 1 is 1.08 bits per heavy atom. The van der Waals surface area contributed by atoms with E-state index in [1.165, 1.54) is 0 Å². The van der Waals surface area contributed by atoms with Crippen molar-refractivity contribution in [2.75, 3.05) is 13.1 Å². The first-order valence-corrected chi connectivity index (χ1v) is 9.15. The number of amides is 1. The number of aromatic nitrogens is 4. The van der Waals surface area contributed by atoms with E-state index in [4.69, 9.17) is 11.6 Å². The fourth-order valence-corrected chi connectivity index (χ4v) is 3.93. The van der Waals surface area contributed by atoms with Crippen molar-refractivity contribution in [1.82, 2.24) is 24.4 Å². The number of hydrogen-bond donors (Lipinski definition) is 0. The molecule has 0 spiro atoms. The molecular weight excluding hydrogens is 338 g/mol. The van der Waals surface area contributed by atoms with E-state index < -0.39 is 0 Å². The molecule has 3 aromatic heterocycles. The summed E-state index contributed by atoms with van der Waals surface area (Å²) in [6.45, 7) is 1.63. The molecule has 1 amide bonds. The molecule has 128 valence electrons. The van der Waals surface area contributed by atoms with Gasteiger partial charge >= 0.3 is 0 Å². The molecule has 1 saturated carbocycles. The highest BCUT2D eigenvalue weighted by Crippen LogP contribution is 2.34. The van der Waals surface area contributed by atoms with E-state index in [-0.39, 0.29) is 0 Å². The van der Waals surface area contributed by atoms with Crippen molar-refractivity contribution in [2.24, 2.45) is 5.92 Å². The van der Waals surface area contributed by atoms with Gasteiger partial charge in [0.1, 0.15) is 16.2 Å². The monoisotopic (exact) mass is 355 g/mol. The van der Waals surface area contributed by atoms with Crippen LogP contribution in [-0.4, -0.2) is 43.4 Å². The maximum Gasteiger partial charge on any atom is 0.225 e. The van der Waals surface area contributed by atoms with Crippen molar-refractivity contribution in [3.05, 3.63) is 29.8 Å². The predicted octanol–water partition coefficient (Wildman–Crippen LogP) is 3.21. The van der Waals surface area contributed by atoms with E-state index in [9.17, 15) is 4.79 Å². The molecule has 0 radical (unpaired) electrons. The molecule has 4 heterocycles. The highest BCUT2D eigenvalue weighted by Gasteiger charge is 2.35. The first-order chi connectivity index (χ1) is 12.2. The number of hydrogen-bond acceptors (Lipinski definition) is 4. The van der Waals surface area contributed by atoms with Crippen LogP contribution >= 0.6 is 11.6 Å². The topological polar surface area (TPSA) is 63.9 Å². The molecule has 2 fully saturated rings. The van der Waals surface area contributed by atoms with Crippen LogP contribution in [0.2, 0.25) is 5.15 Å². The standard InChI is InChI=1S/C18H18ClN5O/c19-15-4-3-13-16(22-15)17-14(9-20-13)21-10-24(17)12-5-7-23(8-6-12)18(25)11-1-2-11/h3-4,9-12H,1-2,5-8H2. The van der Waals surface area contributed by atoms with Crippen molar-refractivity contribution in [3.8, 4) is 0 Å². The number of piperidine rings is 1. The average Bonchev–Trinajstić information content (AvgIpc) is 3.40. The largest absolute Gasteiger partial charge is 0.342 e. The lowest BCUT2D eigenvalue weighted by atomic mass is 10.0. The summed E-state index contributed by atoms with van der Waals surface area (Å²) in [6, 6.07) is 3.96. The number of carbonyl (C=O) groups is 1. The maximum atomic E-state index is 12.3. The van der Waals surface area contributed by atoms with Gasteiger partial charge < -0.3 is 9.47 Å². The van der Waals surface area contributed by atoms with Gasteiger partial charge in [-0.1, -0.05) is 11.6 Å². The van der Waals surface area contributed by atoms with Crippen molar-refractivity contribution < 1.29 is 4.79 Å². The first-order valence-electron chi connectivity index (χ1n) is 8.77. The molecule has 2 aliphatic rings. The van der Waals surface area contributed by atoms with Crippen LogP contribution < -0.4 is 0 Å². The highest BCUT2D eigenvalue weighted by molar-refractivity contribution is 6.30. The molecule has 6 nitrogen and oxygen atoms in total. The van der Waals surface area contributed by atoms with Gasteiger partial charge in [0.25, 0.3) is 0 Å². The fraction of sp³-hybridized carbons (Fsp3) is 0.444. The molecule has 0 atom stereocenters. The molecule has 1 saturated heterocycles. The maximum absolute atomic E-state index is 12.3. The Kier molecular flexibility index (Phi) is 3.41. The summed E-state index contributed by atoms with van der Waals surface area (Å²) >= 11 is 6.10. The van der Waals surface area contributed by atoms with Gasteiger partial charge in [-0.3, -0.25) is 9.78 Å². The van der Waals surface area contributed by atoms with Crippen LogP contribution in [0, 0.1) is 5.92 Å². The molecule has 1 aliphatic heterocycles. The van der Waals surface area contributed by atoms with E-state index in [1.807, 2.05) is 17.3 Å². The Balaban J connectivity index is 1.49. The normalized spacial score (nSPS) is 19.0. The van der Waals surface area contributed by atoms with Crippen LogP contribution in [0.25, 0.3) is 22.1 Å². The zero-order valence-corrected chi connectivity index (χ0v) is 14.5. The van der Waals surface area contributed by atoms with Crippen LogP contribution in [0.15, 0.2) is 24.7 Å². The molecule has 5 rings (SSSR count). The molecular formula is C18H18ClN5O. The summed E-state index contributed by atoms with van der Waals surface area (Å²) in [6.07, 6.45) is 7.67. The quantitative estimate of drug-likeness (QED) is 0.662. The van der Waals surface area contributed by atoms with Crippen LogP contribution in [0.5, 0.6) is 0 Å². The molecule has 0 bridgehead atoms. The Bertz CT molecular complexity index is 972. The minimum absolute atomic E-state index is 0.298. The van der Waals surface area contributed by atoms with Crippen molar-refractivity contribution in [1.29, 1.82) is 0 Å². The van der Waals surface area contributed by atoms with E-state index >= 15 is 0 Å². The summed E-state index contributed by atoms with van der Waals surface area (Å²) in [4.78, 5) is 27.7. The zero-order chi connectivity index (χ0) is 17.0. The van der Waals surface area contributed by atoms with Gasteiger partial charge in [0.2, 0.25) is 5.91 Å². The number of halogens is 1. The van der Waals surface area contributed by atoms with E-state index in [0.717, 1.165) is 60.8 Å². The summed E-state index contributed by atoms with van der Waals surface area (Å²) in [5.41, 5.74) is 3.43. The molecule has 0 N–H and O–H groups in total. The van der Waals surface area contributed by atoms with E-state index in [0.29, 0.717) is 23.0 Å². The molecule has 3 aromatic rings. The lowest BCUT2D eigenvalue weighted by molar-refractivity contribution is -0.133. The molecule has 0 aromatic carbocycles. The van der Waals surface area contributed by atoms with Gasteiger partial charge in [-0.15, -0.1) is 0 Å². The summed E-state index contributed by atoms with van der Waals surface area (Å²) in [7, 11) is 0. The van der Waals surface area contributed by atoms with Gasteiger partial charge in [-0.25, -0.2) is 9.97 Å². The second kappa shape index (κ2) is 5.66. The van der Waals surface area contributed by atoms with Crippen molar-refractivity contribution in [2.45, 2.75) is 31.7 Å². The summed E-state index contributed by atoms with van der Waals surface area (Å²) < 4.78 is 2.20. The van der Waals surface area contributed by atoms with E-state index in [1.54, 1.807) is 12.3 Å².